The van der Waals surface area contributed by atoms with Gasteiger partial charge in [-0.05, 0) is 38.8 Å². The first-order valence-corrected chi connectivity index (χ1v) is 10.9. The summed E-state index contributed by atoms with van der Waals surface area (Å²) in [4.78, 5) is 23.4. The van der Waals surface area contributed by atoms with E-state index in [0.717, 1.165) is 12.8 Å². The summed E-state index contributed by atoms with van der Waals surface area (Å²) in [6, 6.07) is 7.36. The lowest BCUT2D eigenvalue weighted by molar-refractivity contribution is -0.121. The highest BCUT2D eigenvalue weighted by atomic mass is 32.3. The standard InChI is InChI=1S/C19H26N4O4S/c1-19(2,28(25,26)11-13-9-10-13)17(24)22-18-21-16(20-12-23(18)3)14-7-5-6-8-15(14)27-4/h5-8,13H,9-12H2,1-4H3,(H-,20,21,22,24,25,26)/p+1. The lowest BCUT2D eigenvalue weighted by Crippen LogP contribution is -2.56. The third-order valence-electron chi connectivity index (χ3n) is 5.08. The molecule has 3 rings (SSSR count). The Morgan fingerprint density at radius 2 is 2.07 bits per heavy atom. The van der Waals surface area contributed by atoms with Crippen molar-refractivity contribution in [3.05, 3.63) is 29.8 Å². The van der Waals surface area contributed by atoms with Crippen LogP contribution >= 0.6 is 0 Å². The van der Waals surface area contributed by atoms with E-state index in [-0.39, 0.29) is 17.6 Å². The molecule has 1 atom stereocenters. The Bertz CT molecular complexity index is 876. The number of hydrogen-bond donors (Lipinski definition) is 2. The molecule has 1 amide bonds. The highest BCUT2D eigenvalue weighted by molar-refractivity contribution is 7.99. The molecule has 1 aromatic rings. The van der Waals surface area contributed by atoms with Crippen molar-refractivity contribution in [1.29, 1.82) is 0 Å². The number of nitrogens with one attached hydrogen (secondary N) is 1. The number of para-hydroxylation sites is 1. The van der Waals surface area contributed by atoms with Crippen molar-refractivity contribution in [3.63, 3.8) is 0 Å². The van der Waals surface area contributed by atoms with Crippen molar-refractivity contribution in [3.8, 4) is 5.75 Å². The summed E-state index contributed by atoms with van der Waals surface area (Å²) < 4.78 is 27.2. The first-order valence-electron chi connectivity index (χ1n) is 9.18. The number of nitrogens with zero attached hydrogens (tertiary/aromatic N) is 3. The average molecular weight is 408 g/mol. The van der Waals surface area contributed by atoms with Crippen LogP contribution in [0.2, 0.25) is 0 Å². The van der Waals surface area contributed by atoms with Gasteiger partial charge < -0.3 is 9.64 Å². The van der Waals surface area contributed by atoms with E-state index in [2.05, 4.69) is 15.3 Å². The molecular weight excluding hydrogens is 380 g/mol. The maximum atomic E-state index is 12.9. The number of methoxy groups -OCH3 is 1. The molecule has 1 aliphatic heterocycles. The normalized spacial score (nSPS) is 19.4. The molecule has 0 spiro atoms. The molecule has 1 aliphatic carbocycles. The molecule has 1 aromatic carbocycles. The van der Waals surface area contributed by atoms with Crippen molar-refractivity contribution >= 4 is 27.9 Å². The number of amides is 1. The predicted molar refractivity (Wildman–Crippen MR) is 110 cm³/mol. The van der Waals surface area contributed by atoms with Crippen molar-refractivity contribution in [2.45, 2.75) is 31.4 Å². The van der Waals surface area contributed by atoms with Gasteiger partial charge in [-0.1, -0.05) is 16.3 Å². The van der Waals surface area contributed by atoms with Crippen LogP contribution in [-0.2, 0) is 19.2 Å². The number of ether oxygens (including phenoxy) is 1. The molecule has 2 N–H and O–H groups in total. The van der Waals surface area contributed by atoms with Gasteiger partial charge in [0, 0.05) is 13.0 Å². The number of guanidine groups is 1. The zero-order valence-electron chi connectivity index (χ0n) is 16.6. The number of benzene rings is 1. The molecule has 9 heteroatoms. The second kappa shape index (κ2) is 7.63. The van der Waals surface area contributed by atoms with Gasteiger partial charge in [0.15, 0.2) is 5.84 Å². The van der Waals surface area contributed by atoms with Crippen LogP contribution in [-0.4, -0.2) is 58.5 Å². The number of aliphatic imine (C=N–C) groups is 2. The predicted octanol–water partition coefficient (Wildman–Crippen LogP) is 1.98. The molecule has 1 fully saturated rings. The fourth-order valence-corrected chi connectivity index (χ4v) is 4.50. The Morgan fingerprint density at radius 3 is 2.71 bits per heavy atom. The van der Waals surface area contributed by atoms with Crippen molar-refractivity contribution in [2.24, 2.45) is 15.9 Å². The van der Waals surface area contributed by atoms with Crippen LogP contribution in [0.25, 0.3) is 0 Å². The quantitative estimate of drug-likeness (QED) is 0.702. The minimum atomic E-state index is -3.33. The SMILES string of the molecule is COc1ccccc1C1=NCN(C)C(NC(=O)C(C)(C)[S+](=O)(O)CC2CC2)=N1. The Kier molecular flexibility index (Phi) is 5.58. The van der Waals surface area contributed by atoms with Gasteiger partial charge in [0.25, 0.3) is 5.91 Å². The number of amidine groups is 1. The molecular formula is C19H27N4O4S+. The zero-order valence-corrected chi connectivity index (χ0v) is 17.5. The molecule has 1 saturated carbocycles. The number of hydrogen-bond acceptors (Lipinski definition) is 6. The Morgan fingerprint density at radius 1 is 1.39 bits per heavy atom. The van der Waals surface area contributed by atoms with Crippen LogP contribution in [0.15, 0.2) is 34.3 Å². The van der Waals surface area contributed by atoms with Crippen molar-refractivity contribution < 1.29 is 18.3 Å². The van der Waals surface area contributed by atoms with E-state index in [4.69, 9.17) is 4.74 Å². The van der Waals surface area contributed by atoms with Crippen LogP contribution in [0.4, 0.5) is 0 Å². The highest BCUT2D eigenvalue weighted by Gasteiger charge is 2.54. The maximum absolute atomic E-state index is 12.9. The molecule has 152 valence electrons. The first-order chi connectivity index (χ1) is 13.2. The third kappa shape index (κ3) is 4.10. The van der Waals surface area contributed by atoms with Crippen LogP contribution < -0.4 is 10.1 Å². The number of carbonyl (C=O) groups excluding carboxylic acids is 1. The summed E-state index contributed by atoms with van der Waals surface area (Å²) >= 11 is 0. The highest BCUT2D eigenvalue weighted by Crippen LogP contribution is 2.36. The molecule has 8 nitrogen and oxygen atoms in total. The van der Waals surface area contributed by atoms with E-state index >= 15 is 0 Å². The second-order valence-corrected chi connectivity index (χ2v) is 10.3. The molecule has 0 radical (unpaired) electrons. The molecule has 1 unspecified atom stereocenters. The van der Waals surface area contributed by atoms with Gasteiger partial charge in [0.05, 0.1) is 12.7 Å². The topological polar surface area (TPSA) is 104 Å². The van der Waals surface area contributed by atoms with Crippen molar-refractivity contribution in [2.75, 3.05) is 26.6 Å². The monoisotopic (exact) mass is 407 g/mol. The van der Waals surface area contributed by atoms with E-state index in [0.29, 0.717) is 23.8 Å². The number of rotatable bonds is 6. The minimum absolute atomic E-state index is 0.156. The molecule has 0 saturated heterocycles. The van der Waals surface area contributed by atoms with E-state index in [1.54, 1.807) is 19.1 Å². The van der Waals surface area contributed by atoms with Gasteiger partial charge in [-0.3, -0.25) is 10.1 Å². The first kappa shape index (κ1) is 20.5. The Hall–Kier alpha value is -2.26. The average Bonchev–Trinajstić information content (AvgIpc) is 3.46. The molecule has 28 heavy (non-hydrogen) atoms. The van der Waals surface area contributed by atoms with Gasteiger partial charge >= 0.3 is 0 Å². The van der Waals surface area contributed by atoms with Crippen LogP contribution in [0.3, 0.4) is 0 Å². The van der Waals surface area contributed by atoms with Crippen LogP contribution in [0.5, 0.6) is 5.75 Å². The molecule has 0 bridgehead atoms. The number of carbonyl (C=O) groups is 1. The second-order valence-electron chi connectivity index (χ2n) is 7.67. The largest absolute Gasteiger partial charge is 0.496 e. The van der Waals surface area contributed by atoms with E-state index < -0.39 is 20.9 Å². The van der Waals surface area contributed by atoms with E-state index in [1.165, 1.54) is 13.8 Å². The molecule has 1 heterocycles. The third-order valence-corrected chi connectivity index (χ3v) is 7.79. The fraction of sp³-hybridized carbons (Fsp3) is 0.526. The van der Waals surface area contributed by atoms with Gasteiger partial charge in [0.2, 0.25) is 20.9 Å². The fourth-order valence-electron chi connectivity index (χ4n) is 2.77. The zero-order chi connectivity index (χ0) is 20.5. The van der Waals surface area contributed by atoms with Gasteiger partial charge in [-0.25, -0.2) is 4.99 Å². The van der Waals surface area contributed by atoms with E-state index in [9.17, 15) is 13.6 Å². The smallest absolute Gasteiger partial charge is 0.285 e. The molecule has 0 aromatic heterocycles. The van der Waals surface area contributed by atoms with Crippen LogP contribution in [0.1, 0.15) is 32.3 Å². The Labute approximate surface area is 166 Å². The van der Waals surface area contributed by atoms with Crippen molar-refractivity contribution in [1.82, 2.24) is 10.2 Å². The van der Waals surface area contributed by atoms with Gasteiger partial charge in [-0.2, -0.15) is 9.55 Å². The van der Waals surface area contributed by atoms with Gasteiger partial charge in [-0.15, -0.1) is 0 Å². The summed E-state index contributed by atoms with van der Waals surface area (Å²) in [7, 11) is -0.0107. The van der Waals surface area contributed by atoms with E-state index in [1.807, 2.05) is 24.3 Å². The Balaban J connectivity index is 1.81. The minimum Gasteiger partial charge on any atom is -0.496 e. The lowest BCUT2D eigenvalue weighted by Gasteiger charge is -2.27. The van der Waals surface area contributed by atoms with Gasteiger partial charge in [0.1, 0.15) is 18.2 Å². The summed E-state index contributed by atoms with van der Waals surface area (Å²) in [5, 5.41) is 2.72. The summed E-state index contributed by atoms with van der Waals surface area (Å²) in [5.41, 5.74) is 0.712. The summed E-state index contributed by atoms with van der Waals surface area (Å²) in [5.74, 6) is 1.21. The summed E-state index contributed by atoms with van der Waals surface area (Å²) in [6.07, 6.45) is 1.90. The summed E-state index contributed by atoms with van der Waals surface area (Å²) in [6.45, 7) is 3.31. The lowest BCUT2D eigenvalue weighted by atomic mass is 10.2. The molecule has 2 aliphatic rings. The van der Waals surface area contributed by atoms with Crippen LogP contribution in [0, 0.1) is 5.92 Å². The maximum Gasteiger partial charge on any atom is 0.285 e.